The number of carbonyl (C=O) groups excluding carboxylic acids is 1. The number of nitrogens with one attached hydrogen (secondary N) is 1. The van der Waals surface area contributed by atoms with Crippen LogP contribution in [-0.4, -0.2) is 5.91 Å². The molecule has 0 bridgehead atoms. The predicted octanol–water partition coefficient (Wildman–Crippen LogP) is 4.88. The summed E-state index contributed by atoms with van der Waals surface area (Å²) < 4.78 is 20.0. The summed E-state index contributed by atoms with van der Waals surface area (Å²) in [6.07, 6.45) is 2.16. The van der Waals surface area contributed by atoms with Gasteiger partial charge in [0, 0.05) is 12.0 Å². The Morgan fingerprint density at radius 3 is 2.58 bits per heavy atom. The normalized spacial score (nSPS) is 10.5. The molecule has 0 atom stereocenters. The second-order valence-corrected chi connectivity index (χ2v) is 5.61. The molecule has 1 N–H and O–H groups in total. The Bertz CT molecular complexity index is 713. The van der Waals surface area contributed by atoms with E-state index < -0.39 is 0 Å². The Balaban J connectivity index is 2.21. The number of hydrogen-bond acceptors (Lipinski definition) is 2. The summed E-state index contributed by atoms with van der Waals surface area (Å²) in [5.74, 6) is 0.223. The highest BCUT2D eigenvalue weighted by Crippen LogP contribution is 2.25. The fraction of sp³-hybridized carbons (Fsp3) is 0.350. The molecule has 2 aromatic carbocycles. The van der Waals surface area contributed by atoms with E-state index in [0.29, 0.717) is 17.7 Å². The van der Waals surface area contributed by atoms with Gasteiger partial charge in [-0.2, -0.15) is 0 Å². The Labute approximate surface area is 142 Å². The summed E-state index contributed by atoms with van der Waals surface area (Å²) in [6, 6.07) is 10.7. The largest absolute Gasteiger partial charge is 0.488 e. The van der Waals surface area contributed by atoms with Gasteiger partial charge in [-0.15, -0.1) is 0 Å². The first-order valence-corrected chi connectivity index (χ1v) is 8.40. The summed E-state index contributed by atoms with van der Waals surface area (Å²) in [5, 5.41) is 2.73. The molecular weight excluding hydrogens is 305 g/mol. The van der Waals surface area contributed by atoms with Crippen LogP contribution in [0.3, 0.4) is 0 Å². The molecule has 0 saturated carbocycles. The topological polar surface area (TPSA) is 38.3 Å². The van der Waals surface area contributed by atoms with Gasteiger partial charge in [-0.1, -0.05) is 39.0 Å². The zero-order valence-electron chi connectivity index (χ0n) is 14.5. The van der Waals surface area contributed by atoms with E-state index in [0.717, 1.165) is 24.2 Å². The Morgan fingerprint density at radius 1 is 1.12 bits per heavy atom. The van der Waals surface area contributed by atoms with Gasteiger partial charge in [0.1, 0.15) is 18.2 Å². The third-order valence-electron chi connectivity index (χ3n) is 4.00. The van der Waals surface area contributed by atoms with Crippen molar-refractivity contribution in [3.8, 4) is 5.75 Å². The van der Waals surface area contributed by atoms with E-state index in [4.69, 9.17) is 4.74 Å². The van der Waals surface area contributed by atoms with Gasteiger partial charge in [-0.05, 0) is 42.2 Å². The molecule has 24 heavy (non-hydrogen) atoms. The Hall–Kier alpha value is -2.36. The molecule has 0 aromatic heterocycles. The highest BCUT2D eigenvalue weighted by atomic mass is 19.1. The molecule has 0 spiro atoms. The van der Waals surface area contributed by atoms with Crippen molar-refractivity contribution in [1.29, 1.82) is 0 Å². The van der Waals surface area contributed by atoms with Crippen LogP contribution in [0.2, 0.25) is 0 Å². The summed E-state index contributed by atoms with van der Waals surface area (Å²) in [7, 11) is 0. The summed E-state index contributed by atoms with van der Waals surface area (Å²) in [5.41, 5.74) is 3.18. The highest BCUT2D eigenvalue weighted by molar-refractivity contribution is 5.91. The average Bonchev–Trinajstić information content (AvgIpc) is 2.61. The molecule has 0 aliphatic rings. The summed E-state index contributed by atoms with van der Waals surface area (Å²) in [6.45, 7) is 6.01. The van der Waals surface area contributed by atoms with E-state index in [1.54, 1.807) is 19.1 Å². The van der Waals surface area contributed by atoms with Gasteiger partial charge in [-0.3, -0.25) is 4.79 Å². The first-order chi connectivity index (χ1) is 11.6. The van der Waals surface area contributed by atoms with Crippen molar-refractivity contribution in [3.05, 3.63) is 58.9 Å². The standard InChI is InChI=1S/C20H24FNO2/c1-4-14-10-11-19(15(5-2)12-14)24-13-16-17(21)8-7-9-18(16)22-20(23)6-3/h7-12H,4-6,13H2,1-3H3,(H,22,23). The molecular formula is C20H24FNO2. The van der Waals surface area contributed by atoms with Crippen LogP contribution in [0.5, 0.6) is 5.75 Å². The maximum atomic E-state index is 14.2. The minimum atomic E-state index is -0.382. The lowest BCUT2D eigenvalue weighted by Crippen LogP contribution is -2.13. The van der Waals surface area contributed by atoms with Gasteiger partial charge in [-0.25, -0.2) is 4.39 Å². The number of benzene rings is 2. The molecule has 3 nitrogen and oxygen atoms in total. The van der Waals surface area contributed by atoms with Gasteiger partial charge < -0.3 is 10.1 Å². The van der Waals surface area contributed by atoms with Crippen molar-refractivity contribution in [2.75, 3.05) is 5.32 Å². The zero-order chi connectivity index (χ0) is 17.5. The van der Waals surface area contributed by atoms with Crippen LogP contribution in [-0.2, 0) is 24.2 Å². The molecule has 0 radical (unpaired) electrons. The molecule has 0 fully saturated rings. The monoisotopic (exact) mass is 329 g/mol. The van der Waals surface area contributed by atoms with Crippen molar-refractivity contribution in [2.24, 2.45) is 0 Å². The fourth-order valence-electron chi connectivity index (χ4n) is 2.48. The Morgan fingerprint density at radius 2 is 1.92 bits per heavy atom. The van der Waals surface area contributed by atoms with Crippen LogP contribution < -0.4 is 10.1 Å². The van der Waals surface area contributed by atoms with Crippen LogP contribution in [0.4, 0.5) is 10.1 Å². The molecule has 2 rings (SSSR count). The highest BCUT2D eigenvalue weighted by Gasteiger charge is 2.12. The second kappa shape index (κ2) is 8.48. The number of hydrogen-bond donors (Lipinski definition) is 1. The van der Waals surface area contributed by atoms with E-state index in [1.165, 1.54) is 11.6 Å². The molecule has 128 valence electrons. The van der Waals surface area contributed by atoms with E-state index in [9.17, 15) is 9.18 Å². The van der Waals surface area contributed by atoms with Gasteiger partial charge >= 0.3 is 0 Å². The van der Waals surface area contributed by atoms with E-state index in [2.05, 4.69) is 25.2 Å². The molecule has 2 aromatic rings. The van der Waals surface area contributed by atoms with Crippen molar-refractivity contribution in [3.63, 3.8) is 0 Å². The second-order valence-electron chi connectivity index (χ2n) is 5.61. The number of anilines is 1. The SMILES string of the molecule is CCC(=O)Nc1cccc(F)c1COc1ccc(CC)cc1CC. The van der Waals surface area contributed by atoms with Crippen LogP contribution in [0.15, 0.2) is 36.4 Å². The first-order valence-electron chi connectivity index (χ1n) is 8.40. The van der Waals surface area contributed by atoms with Gasteiger partial charge in [0.15, 0.2) is 0 Å². The van der Waals surface area contributed by atoms with Crippen LogP contribution in [0.1, 0.15) is 43.9 Å². The zero-order valence-corrected chi connectivity index (χ0v) is 14.5. The smallest absolute Gasteiger partial charge is 0.224 e. The third-order valence-corrected chi connectivity index (χ3v) is 4.00. The quantitative estimate of drug-likeness (QED) is 0.786. The number of rotatable bonds is 7. The van der Waals surface area contributed by atoms with E-state index in [-0.39, 0.29) is 18.3 Å². The minimum absolute atomic E-state index is 0.0739. The van der Waals surface area contributed by atoms with Gasteiger partial charge in [0.25, 0.3) is 0 Å². The van der Waals surface area contributed by atoms with Gasteiger partial charge in [0.2, 0.25) is 5.91 Å². The van der Waals surface area contributed by atoms with Crippen molar-refractivity contribution in [1.82, 2.24) is 0 Å². The lowest BCUT2D eigenvalue weighted by molar-refractivity contribution is -0.115. The molecule has 0 unspecified atom stereocenters. The van der Waals surface area contributed by atoms with Crippen molar-refractivity contribution < 1.29 is 13.9 Å². The van der Waals surface area contributed by atoms with E-state index >= 15 is 0 Å². The molecule has 1 amide bonds. The predicted molar refractivity (Wildman–Crippen MR) is 94.9 cm³/mol. The number of aryl methyl sites for hydroxylation is 2. The fourth-order valence-corrected chi connectivity index (χ4v) is 2.48. The average molecular weight is 329 g/mol. The lowest BCUT2D eigenvalue weighted by atomic mass is 10.1. The first kappa shape index (κ1) is 18.0. The molecule has 0 heterocycles. The van der Waals surface area contributed by atoms with Crippen molar-refractivity contribution >= 4 is 11.6 Å². The summed E-state index contributed by atoms with van der Waals surface area (Å²) >= 11 is 0. The maximum absolute atomic E-state index is 14.2. The lowest BCUT2D eigenvalue weighted by Gasteiger charge is -2.15. The van der Waals surface area contributed by atoms with E-state index in [1.807, 2.05) is 12.1 Å². The van der Waals surface area contributed by atoms with Crippen LogP contribution in [0, 0.1) is 5.82 Å². The number of halogens is 1. The molecule has 4 heteroatoms. The Kier molecular flexibility index (Phi) is 6.36. The number of amides is 1. The number of carbonyl (C=O) groups is 1. The van der Waals surface area contributed by atoms with Crippen LogP contribution >= 0.6 is 0 Å². The van der Waals surface area contributed by atoms with Crippen molar-refractivity contribution in [2.45, 2.75) is 46.6 Å². The van der Waals surface area contributed by atoms with Crippen LogP contribution in [0.25, 0.3) is 0 Å². The minimum Gasteiger partial charge on any atom is -0.488 e. The maximum Gasteiger partial charge on any atom is 0.224 e. The molecule has 0 saturated heterocycles. The third kappa shape index (κ3) is 4.34. The molecule has 0 aliphatic carbocycles. The summed E-state index contributed by atoms with van der Waals surface area (Å²) in [4.78, 5) is 11.6. The van der Waals surface area contributed by atoms with Gasteiger partial charge in [0.05, 0.1) is 5.69 Å². The molecule has 0 aliphatic heterocycles. The number of ether oxygens (including phenoxy) is 1.